The highest BCUT2D eigenvalue weighted by Crippen LogP contribution is 2.28. The molecular weight excluding hydrogens is 318 g/mol. The molecule has 0 aromatic heterocycles. The second-order valence-electron chi connectivity index (χ2n) is 5.30. The van der Waals surface area contributed by atoms with E-state index in [2.05, 4.69) is 5.32 Å². The van der Waals surface area contributed by atoms with Crippen molar-refractivity contribution in [1.82, 2.24) is 0 Å². The first-order chi connectivity index (χ1) is 12.0. The number of rotatable bonds is 7. The average molecular weight is 339 g/mol. The summed E-state index contributed by atoms with van der Waals surface area (Å²) in [5, 5.41) is 2.73. The monoisotopic (exact) mass is 339 g/mol. The van der Waals surface area contributed by atoms with E-state index in [4.69, 9.17) is 9.47 Å². The molecule has 2 rings (SSSR count). The smallest absolute Gasteiger partial charge is 0.248 e. The first kappa shape index (κ1) is 18.3. The number of amides is 1. The summed E-state index contributed by atoms with van der Waals surface area (Å²) in [5.74, 6) is 0.938. The fourth-order valence-corrected chi connectivity index (χ4v) is 2.23. The van der Waals surface area contributed by atoms with Crippen molar-refractivity contribution in [2.75, 3.05) is 19.0 Å². The molecule has 0 aliphatic rings. The zero-order chi connectivity index (χ0) is 18.2. The topological polar surface area (TPSA) is 64.6 Å². The van der Waals surface area contributed by atoms with Gasteiger partial charge in [-0.1, -0.05) is 18.2 Å². The van der Waals surface area contributed by atoms with E-state index in [1.807, 2.05) is 13.0 Å². The van der Waals surface area contributed by atoms with Gasteiger partial charge in [0.2, 0.25) is 5.91 Å². The van der Waals surface area contributed by atoms with Crippen LogP contribution < -0.4 is 14.8 Å². The fraction of sp³-hybridized carbons (Fsp3) is 0.200. The van der Waals surface area contributed by atoms with E-state index in [9.17, 15) is 9.59 Å². The first-order valence-electron chi connectivity index (χ1n) is 7.94. The molecule has 2 aromatic rings. The maximum Gasteiger partial charge on any atom is 0.248 e. The molecule has 130 valence electrons. The van der Waals surface area contributed by atoms with E-state index in [-0.39, 0.29) is 11.7 Å². The molecule has 0 radical (unpaired) electrons. The predicted molar refractivity (Wildman–Crippen MR) is 98.3 cm³/mol. The lowest BCUT2D eigenvalue weighted by Crippen LogP contribution is -2.08. The summed E-state index contributed by atoms with van der Waals surface area (Å²) in [6.45, 7) is 3.94. The van der Waals surface area contributed by atoms with E-state index in [1.165, 1.54) is 13.0 Å². The van der Waals surface area contributed by atoms with Crippen molar-refractivity contribution in [3.63, 3.8) is 0 Å². The number of carbonyl (C=O) groups excluding carboxylic acids is 2. The van der Waals surface area contributed by atoms with Crippen molar-refractivity contribution in [1.29, 1.82) is 0 Å². The lowest BCUT2D eigenvalue weighted by atomic mass is 10.1. The normalized spacial score (nSPS) is 10.5. The van der Waals surface area contributed by atoms with Crippen LogP contribution >= 0.6 is 0 Å². The number of carbonyl (C=O) groups is 2. The molecule has 0 saturated carbocycles. The van der Waals surface area contributed by atoms with E-state index in [0.717, 1.165) is 5.56 Å². The lowest BCUT2D eigenvalue weighted by molar-refractivity contribution is -0.111. The van der Waals surface area contributed by atoms with Gasteiger partial charge in [-0.2, -0.15) is 0 Å². The zero-order valence-corrected chi connectivity index (χ0v) is 14.5. The Hall–Kier alpha value is -3.08. The van der Waals surface area contributed by atoms with Crippen molar-refractivity contribution in [2.45, 2.75) is 13.8 Å². The number of benzene rings is 2. The van der Waals surface area contributed by atoms with Crippen molar-refractivity contribution < 1.29 is 19.1 Å². The van der Waals surface area contributed by atoms with Gasteiger partial charge in [0.05, 0.1) is 13.7 Å². The maximum atomic E-state index is 12.1. The Kier molecular flexibility index (Phi) is 6.34. The second-order valence-corrected chi connectivity index (χ2v) is 5.30. The van der Waals surface area contributed by atoms with Crippen molar-refractivity contribution in [3.05, 3.63) is 59.7 Å². The molecular formula is C20H21NO4. The zero-order valence-electron chi connectivity index (χ0n) is 14.5. The van der Waals surface area contributed by atoms with Gasteiger partial charge in [-0.3, -0.25) is 9.59 Å². The minimum Gasteiger partial charge on any atom is -0.493 e. The third kappa shape index (κ3) is 5.21. The van der Waals surface area contributed by atoms with Crippen LogP contribution in [0.15, 0.2) is 48.5 Å². The van der Waals surface area contributed by atoms with Gasteiger partial charge in [0.15, 0.2) is 17.3 Å². The summed E-state index contributed by atoms with van der Waals surface area (Å²) in [7, 11) is 1.57. The Morgan fingerprint density at radius 2 is 1.92 bits per heavy atom. The van der Waals surface area contributed by atoms with Crippen LogP contribution in [0.5, 0.6) is 11.5 Å². The van der Waals surface area contributed by atoms with E-state index >= 15 is 0 Å². The van der Waals surface area contributed by atoms with Crippen molar-refractivity contribution >= 4 is 23.5 Å². The summed E-state index contributed by atoms with van der Waals surface area (Å²) in [6.07, 6.45) is 3.11. The van der Waals surface area contributed by atoms with Gasteiger partial charge in [0.1, 0.15) is 0 Å². The van der Waals surface area contributed by atoms with Gasteiger partial charge in [-0.25, -0.2) is 0 Å². The van der Waals surface area contributed by atoms with Crippen molar-refractivity contribution in [3.8, 4) is 11.5 Å². The average Bonchev–Trinajstić information content (AvgIpc) is 2.61. The number of hydrogen-bond acceptors (Lipinski definition) is 4. The predicted octanol–water partition coefficient (Wildman–Crippen LogP) is 3.95. The third-order valence-corrected chi connectivity index (χ3v) is 3.45. The number of anilines is 1. The minimum absolute atomic E-state index is 0.0480. The number of nitrogens with one attached hydrogen (secondary N) is 1. The highest BCUT2D eigenvalue weighted by atomic mass is 16.5. The Bertz CT molecular complexity index is 796. The Morgan fingerprint density at radius 3 is 2.60 bits per heavy atom. The van der Waals surface area contributed by atoms with Crippen LogP contribution in [0.1, 0.15) is 29.8 Å². The molecule has 0 bridgehead atoms. The van der Waals surface area contributed by atoms with Gasteiger partial charge in [-0.15, -0.1) is 0 Å². The Morgan fingerprint density at radius 1 is 1.12 bits per heavy atom. The van der Waals surface area contributed by atoms with Crippen LogP contribution in [-0.2, 0) is 4.79 Å². The van der Waals surface area contributed by atoms with Crippen molar-refractivity contribution in [2.24, 2.45) is 0 Å². The van der Waals surface area contributed by atoms with Gasteiger partial charge in [0.25, 0.3) is 0 Å². The number of hydrogen-bond donors (Lipinski definition) is 1. The van der Waals surface area contributed by atoms with Crippen LogP contribution in [0.2, 0.25) is 0 Å². The standard InChI is InChI=1S/C20H21NO4/c1-4-25-18-10-8-15(12-19(18)24-3)9-11-20(23)21-17-7-5-6-16(13-17)14(2)22/h5-13H,4H2,1-3H3,(H,21,23). The highest BCUT2D eigenvalue weighted by Gasteiger charge is 2.05. The summed E-state index contributed by atoms with van der Waals surface area (Å²) in [5.41, 5.74) is 1.94. The van der Waals surface area contributed by atoms with E-state index in [1.54, 1.807) is 49.6 Å². The molecule has 0 heterocycles. The molecule has 25 heavy (non-hydrogen) atoms. The first-order valence-corrected chi connectivity index (χ1v) is 7.94. The maximum absolute atomic E-state index is 12.1. The number of Topliss-reactive ketones (excluding diaryl/α,β-unsaturated/α-hetero) is 1. The van der Waals surface area contributed by atoms with Gasteiger partial charge >= 0.3 is 0 Å². The molecule has 0 unspecified atom stereocenters. The van der Waals surface area contributed by atoms with Crippen LogP contribution in [0, 0.1) is 0 Å². The molecule has 0 saturated heterocycles. The summed E-state index contributed by atoms with van der Waals surface area (Å²) in [6, 6.07) is 12.3. The molecule has 0 fully saturated rings. The number of ether oxygens (including phenoxy) is 2. The molecule has 5 heteroatoms. The molecule has 2 aromatic carbocycles. The number of methoxy groups -OCH3 is 1. The SMILES string of the molecule is CCOc1ccc(C=CC(=O)Nc2cccc(C(C)=O)c2)cc1OC. The Balaban J connectivity index is 2.07. The lowest BCUT2D eigenvalue weighted by Gasteiger charge is -2.09. The quantitative estimate of drug-likeness (QED) is 0.613. The summed E-state index contributed by atoms with van der Waals surface area (Å²) >= 11 is 0. The second kappa shape index (κ2) is 8.68. The van der Waals surface area contributed by atoms with Gasteiger partial charge in [-0.05, 0) is 49.8 Å². The van der Waals surface area contributed by atoms with Crippen LogP contribution in [0.4, 0.5) is 5.69 Å². The third-order valence-electron chi connectivity index (χ3n) is 3.45. The fourth-order valence-electron chi connectivity index (χ4n) is 2.23. The number of ketones is 1. The van der Waals surface area contributed by atoms with Crippen LogP contribution in [0.3, 0.4) is 0 Å². The molecule has 0 aliphatic carbocycles. The van der Waals surface area contributed by atoms with Crippen LogP contribution in [0.25, 0.3) is 6.08 Å². The summed E-state index contributed by atoms with van der Waals surface area (Å²) < 4.78 is 10.7. The molecule has 0 spiro atoms. The molecule has 1 amide bonds. The Labute approximate surface area is 147 Å². The van der Waals surface area contributed by atoms with Crippen LogP contribution in [-0.4, -0.2) is 25.4 Å². The molecule has 5 nitrogen and oxygen atoms in total. The highest BCUT2D eigenvalue weighted by molar-refractivity contribution is 6.03. The minimum atomic E-state index is -0.284. The molecule has 1 N–H and O–H groups in total. The van der Waals surface area contributed by atoms with E-state index < -0.39 is 0 Å². The molecule has 0 atom stereocenters. The summed E-state index contributed by atoms with van der Waals surface area (Å²) in [4.78, 5) is 23.4. The van der Waals surface area contributed by atoms with Gasteiger partial charge < -0.3 is 14.8 Å². The van der Waals surface area contributed by atoms with E-state index in [0.29, 0.717) is 29.4 Å². The largest absolute Gasteiger partial charge is 0.493 e. The van der Waals surface area contributed by atoms with Gasteiger partial charge in [0, 0.05) is 17.3 Å². The molecule has 0 aliphatic heterocycles.